The van der Waals surface area contributed by atoms with Crippen molar-refractivity contribution in [2.75, 3.05) is 0 Å². The standard InChI is InChI=1S/C7H3F3N2O/c8-7(9,10)13-6-4-12-2-1-5(6)3-11/h1-2,4H. The number of nitrogens with zero attached hydrogens (tertiary/aromatic N) is 2. The fourth-order valence-electron chi connectivity index (χ4n) is 0.678. The molecule has 1 heterocycles. The van der Waals surface area contributed by atoms with Crippen molar-refractivity contribution in [2.45, 2.75) is 6.36 Å². The van der Waals surface area contributed by atoms with E-state index in [2.05, 4.69) is 9.72 Å². The van der Waals surface area contributed by atoms with Crippen LogP contribution in [0.5, 0.6) is 5.75 Å². The number of nitriles is 1. The molecular weight excluding hydrogens is 185 g/mol. The Morgan fingerprint density at radius 2 is 2.15 bits per heavy atom. The molecule has 0 fully saturated rings. The summed E-state index contributed by atoms with van der Waals surface area (Å²) in [6.07, 6.45) is -2.75. The smallest absolute Gasteiger partial charge is 0.403 e. The lowest BCUT2D eigenvalue weighted by molar-refractivity contribution is -0.274. The number of hydrogen-bond donors (Lipinski definition) is 0. The fraction of sp³-hybridized carbons (Fsp3) is 0.143. The van der Waals surface area contributed by atoms with Crippen LogP contribution in [0.25, 0.3) is 0 Å². The van der Waals surface area contributed by atoms with Gasteiger partial charge in [-0.25, -0.2) is 0 Å². The molecule has 0 atom stereocenters. The van der Waals surface area contributed by atoms with Crippen molar-refractivity contribution in [3.8, 4) is 11.8 Å². The van der Waals surface area contributed by atoms with E-state index in [1.54, 1.807) is 6.07 Å². The lowest BCUT2D eigenvalue weighted by Gasteiger charge is -2.08. The van der Waals surface area contributed by atoms with Gasteiger partial charge in [0.05, 0.1) is 11.8 Å². The number of halogens is 3. The highest BCUT2D eigenvalue weighted by atomic mass is 19.4. The Morgan fingerprint density at radius 1 is 1.46 bits per heavy atom. The molecule has 0 spiro atoms. The first-order valence-corrected chi connectivity index (χ1v) is 3.13. The lowest BCUT2D eigenvalue weighted by atomic mass is 10.3. The van der Waals surface area contributed by atoms with Crippen molar-refractivity contribution < 1.29 is 17.9 Å². The highest BCUT2D eigenvalue weighted by molar-refractivity contribution is 5.40. The Bertz CT molecular complexity index is 342. The second-order valence-corrected chi connectivity index (χ2v) is 2.03. The summed E-state index contributed by atoms with van der Waals surface area (Å²) in [6.45, 7) is 0. The predicted molar refractivity (Wildman–Crippen MR) is 35.6 cm³/mol. The van der Waals surface area contributed by atoms with Gasteiger partial charge < -0.3 is 4.74 Å². The summed E-state index contributed by atoms with van der Waals surface area (Å²) in [6, 6.07) is 2.69. The molecule has 3 nitrogen and oxygen atoms in total. The Morgan fingerprint density at radius 3 is 2.69 bits per heavy atom. The maximum Gasteiger partial charge on any atom is 0.573 e. The van der Waals surface area contributed by atoms with Gasteiger partial charge in [0, 0.05) is 6.20 Å². The van der Waals surface area contributed by atoms with E-state index < -0.39 is 12.1 Å². The molecule has 13 heavy (non-hydrogen) atoms. The van der Waals surface area contributed by atoms with Crippen LogP contribution in [0.4, 0.5) is 13.2 Å². The zero-order valence-electron chi connectivity index (χ0n) is 6.17. The van der Waals surface area contributed by atoms with Gasteiger partial charge >= 0.3 is 6.36 Å². The second-order valence-electron chi connectivity index (χ2n) is 2.03. The number of hydrogen-bond acceptors (Lipinski definition) is 3. The Kier molecular flexibility index (Phi) is 2.37. The number of rotatable bonds is 1. The van der Waals surface area contributed by atoms with Gasteiger partial charge in [-0.05, 0) is 6.07 Å². The molecule has 0 radical (unpaired) electrons. The average molecular weight is 188 g/mol. The van der Waals surface area contributed by atoms with Gasteiger partial charge in [-0.3, -0.25) is 4.98 Å². The van der Waals surface area contributed by atoms with E-state index in [9.17, 15) is 13.2 Å². The van der Waals surface area contributed by atoms with Crippen LogP contribution in [0, 0.1) is 11.3 Å². The summed E-state index contributed by atoms with van der Waals surface area (Å²) in [5.74, 6) is -0.586. The molecule has 0 aliphatic rings. The predicted octanol–water partition coefficient (Wildman–Crippen LogP) is 1.85. The third-order valence-electron chi connectivity index (χ3n) is 1.13. The van der Waals surface area contributed by atoms with Crippen molar-refractivity contribution in [1.29, 1.82) is 5.26 Å². The molecule has 0 aliphatic heterocycles. The molecule has 0 bridgehead atoms. The van der Waals surface area contributed by atoms with Gasteiger partial charge in [0.1, 0.15) is 6.07 Å². The van der Waals surface area contributed by atoms with E-state index in [1.807, 2.05) is 0 Å². The highest BCUT2D eigenvalue weighted by Gasteiger charge is 2.32. The first-order chi connectivity index (χ1) is 6.03. The van der Waals surface area contributed by atoms with Crippen LogP contribution in [0.1, 0.15) is 5.56 Å². The molecule has 0 amide bonds. The van der Waals surface area contributed by atoms with Crippen LogP contribution in [0.15, 0.2) is 18.5 Å². The molecular formula is C7H3F3N2O. The maximum atomic E-state index is 11.7. The summed E-state index contributed by atoms with van der Waals surface area (Å²) >= 11 is 0. The minimum absolute atomic E-state index is 0.202. The third kappa shape index (κ3) is 2.63. The summed E-state index contributed by atoms with van der Waals surface area (Å²) in [5.41, 5.74) is -0.202. The quantitative estimate of drug-likeness (QED) is 0.675. The van der Waals surface area contributed by atoms with Crippen LogP contribution in [0.2, 0.25) is 0 Å². The molecule has 0 aliphatic carbocycles. The summed E-state index contributed by atoms with van der Waals surface area (Å²) < 4.78 is 38.6. The van der Waals surface area contributed by atoms with Crippen LogP contribution in [0.3, 0.4) is 0 Å². The molecule has 1 aromatic heterocycles. The monoisotopic (exact) mass is 188 g/mol. The number of ether oxygens (including phenoxy) is 1. The Labute approximate surface area is 71.4 Å². The minimum Gasteiger partial charge on any atom is -0.403 e. The third-order valence-corrected chi connectivity index (χ3v) is 1.13. The van der Waals surface area contributed by atoms with E-state index in [-0.39, 0.29) is 5.56 Å². The number of alkyl halides is 3. The summed E-state index contributed by atoms with van der Waals surface area (Å²) in [7, 11) is 0. The van der Waals surface area contributed by atoms with Gasteiger partial charge in [0.2, 0.25) is 0 Å². The van der Waals surface area contributed by atoms with E-state index in [0.717, 1.165) is 12.3 Å². The van der Waals surface area contributed by atoms with E-state index in [0.29, 0.717) is 0 Å². The molecule has 0 saturated heterocycles. The van der Waals surface area contributed by atoms with Gasteiger partial charge in [-0.1, -0.05) is 0 Å². The largest absolute Gasteiger partial charge is 0.573 e. The number of aromatic nitrogens is 1. The van der Waals surface area contributed by atoms with Gasteiger partial charge in [0.25, 0.3) is 0 Å². The van der Waals surface area contributed by atoms with Crippen LogP contribution < -0.4 is 4.74 Å². The molecule has 0 aromatic carbocycles. The molecule has 1 rings (SSSR count). The molecule has 0 N–H and O–H groups in total. The van der Waals surface area contributed by atoms with Gasteiger partial charge in [0.15, 0.2) is 5.75 Å². The first-order valence-electron chi connectivity index (χ1n) is 3.13. The summed E-state index contributed by atoms with van der Waals surface area (Å²) in [4.78, 5) is 3.40. The van der Waals surface area contributed by atoms with E-state index >= 15 is 0 Å². The number of pyridine rings is 1. The van der Waals surface area contributed by atoms with Crippen molar-refractivity contribution in [3.63, 3.8) is 0 Å². The topological polar surface area (TPSA) is 45.9 Å². The maximum absolute atomic E-state index is 11.7. The second kappa shape index (κ2) is 3.31. The van der Waals surface area contributed by atoms with Crippen LogP contribution in [-0.2, 0) is 0 Å². The van der Waals surface area contributed by atoms with Crippen LogP contribution >= 0.6 is 0 Å². The average Bonchev–Trinajstić information content (AvgIpc) is 2.02. The van der Waals surface area contributed by atoms with Crippen molar-refractivity contribution >= 4 is 0 Å². The van der Waals surface area contributed by atoms with E-state index in [4.69, 9.17) is 5.26 Å². The molecule has 0 saturated carbocycles. The Balaban J connectivity index is 2.96. The van der Waals surface area contributed by atoms with Crippen molar-refractivity contribution in [2.24, 2.45) is 0 Å². The lowest BCUT2D eigenvalue weighted by Crippen LogP contribution is -2.17. The normalized spacial score (nSPS) is 10.6. The zero-order chi connectivity index (χ0) is 9.90. The molecule has 1 aromatic rings. The fourth-order valence-corrected chi connectivity index (χ4v) is 0.678. The Hall–Kier alpha value is -1.77. The molecule has 0 unspecified atom stereocenters. The minimum atomic E-state index is -4.80. The van der Waals surface area contributed by atoms with Crippen molar-refractivity contribution in [3.05, 3.63) is 24.0 Å². The zero-order valence-corrected chi connectivity index (χ0v) is 6.17. The van der Waals surface area contributed by atoms with Crippen LogP contribution in [-0.4, -0.2) is 11.3 Å². The molecule has 68 valence electrons. The SMILES string of the molecule is N#Cc1ccncc1OC(F)(F)F. The van der Waals surface area contributed by atoms with Gasteiger partial charge in [-0.2, -0.15) is 5.26 Å². The van der Waals surface area contributed by atoms with Gasteiger partial charge in [-0.15, -0.1) is 13.2 Å². The van der Waals surface area contributed by atoms with Crippen molar-refractivity contribution in [1.82, 2.24) is 4.98 Å². The molecule has 6 heteroatoms. The first kappa shape index (κ1) is 9.32. The summed E-state index contributed by atoms with van der Waals surface area (Å²) in [5, 5.41) is 8.39. The van der Waals surface area contributed by atoms with E-state index in [1.165, 1.54) is 6.20 Å². The highest BCUT2D eigenvalue weighted by Crippen LogP contribution is 2.24.